The first-order valence-corrected chi connectivity index (χ1v) is 5.28. The van der Waals surface area contributed by atoms with Gasteiger partial charge in [0.25, 0.3) is 0 Å². The molecule has 0 spiro atoms. The van der Waals surface area contributed by atoms with Crippen molar-refractivity contribution in [2.45, 2.75) is 46.2 Å². The molecule has 1 atom stereocenters. The highest BCUT2D eigenvalue weighted by Crippen LogP contribution is 2.16. The molecule has 14 heavy (non-hydrogen) atoms. The van der Waals surface area contributed by atoms with Gasteiger partial charge in [0.15, 0.2) is 0 Å². The van der Waals surface area contributed by atoms with Gasteiger partial charge in [-0.3, -0.25) is 0 Å². The van der Waals surface area contributed by atoms with Crippen molar-refractivity contribution >= 4 is 0 Å². The maximum absolute atomic E-state index is 6.05. The van der Waals surface area contributed by atoms with Crippen LogP contribution in [0.5, 0.6) is 0 Å². The van der Waals surface area contributed by atoms with Crippen molar-refractivity contribution in [1.82, 2.24) is 14.8 Å². The number of rotatable bonds is 5. The minimum Gasteiger partial charge on any atom is -0.321 e. The van der Waals surface area contributed by atoms with Gasteiger partial charge < -0.3 is 10.3 Å². The number of hydrogen-bond acceptors (Lipinski definition) is 3. The quantitative estimate of drug-likeness (QED) is 0.780. The lowest BCUT2D eigenvalue weighted by molar-refractivity contribution is 0.471. The summed E-state index contributed by atoms with van der Waals surface area (Å²) in [6.45, 7) is 7.42. The largest absolute Gasteiger partial charge is 0.321 e. The molecule has 4 heteroatoms. The molecule has 1 rings (SSSR count). The van der Waals surface area contributed by atoms with Gasteiger partial charge in [0.1, 0.15) is 12.2 Å². The number of aromatic nitrogens is 3. The van der Waals surface area contributed by atoms with E-state index in [1.807, 2.05) is 4.57 Å². The number of aryl methyl sites for hydroxylation is 1. The van der Waals surface area contributed by atoms with Gasteiger partial charge in [0, 0.05) is 6.54 Å². The van der Waals surface area contributed by atoms with E-state index in [1.54, 1.807) is 6.33 Å². The SMILES string of the molecule is CCCn1cnnc1C(N)CC(C)C. The smallest absolute Gasteiger partial charge is 0.149 e. The van der Waals surface area contributed by atoms with Crippen LogP contribution < -0.4 is 5.73 Å². The van der Waals surface area contributed by atoms with Crippen LogP contribution in [-0.4, -0.2) is 14.8 Å². The summed E-state index contributed by atoms with van der Waals surface area (Å²) in [5.74, 6) is 1.51. The van der Waals surface area contributed by atoms with Crippen molar-refractivity contribution in [2.24, 2.45) is 11.7 Å². The maximum Gasteiger partial charge on any atom is 0.149 e. The number of hydrogen-bond donors (Lipinski definition) is 1. The third kappa shape index (κ3) is 2.80. The predicted octanol–water partition coefficient (Wildman–Crippen LogP) is 1.73. The Bertz CT molecular complexity index is 267. The van der Waals surface area contributed by atoms with E-state index in [0.29, 0.717) is 5.92 Å². The lowest BCUT2D eigenvalue weighted by atomic mass is 10.0. The van der Waals surface area contributed by atoms with E-state index in [2.05, 4.69) is 31.0 Å². The second kappa shape index (κ2) is 5.10. The second-order valence-electron chi connectivity index (χ2n) is 4.12. The first-order valence-electron chi connectivity index (χ1n) is 5.28. The Morgan fingerprint density at radius 3 is 2.79 bits per heavy atom. The maximum atomic E-state index is 6.05. The molecule has 0 saturated heterocycles. The van der Waals surface area contributed by atoms with Crippen molar-refractivity contribution < 1.29 is 0 Å². The highest BCUT2D eigenvalue weighted by Gasteiger charge is 2.14. The van der Waals surface area contributed by atoms with Gasteiger partial charge in [-0.1, -0.05) is 20.8 Å². The van der Waals surface area contributed by atoms with Crippen molar-refractivity contribution in [3.05, 3.63) is 12.2 Å². The molecule has 0 fully saturated rings. The fourth-order valence-corrected chi connectivity index (χ4v) is 1.58. The molecule has 1 aromatic rings. The van der Waals surface area contributed by atoms with Gasteiger partial charge in [0.2, 0.25) is 0 Å². The second-order valence-corrected chi connectivity index (χ2v) is 4.12. The van der Waals surface area contributed by atoms with Crippen LogP contribution in [0.15, 0.2) is 6.33 Å². The Hall–Kier alpha value is -0.900. The van der Waals surface area contributed by atoms with Crippen LogP contribution in [0.25, 0.3) is 0 Å². The molecule has 0 radical (unpaired) electrons. The number of nitrogens with zero attached hydrogens (tertiary/aromatic N) is 3. The average Bonchev–Trinajstić information content (AvgIpc) is 2.51. The van der Waals surface area contributed by atoms with Gasteiger partial charge in [-0.05, 0) is 18.8 Å². The van der Waals surface area contributed by atoms with Gasteiger partial charge in [-0.25, -0.2) is 0 Å². The summed E-state index contributed by atoms with van der Waals surface area (Å²) in [6, 6.07) is 0.0176. The van der Waals surface area contributed by atoms with E-state index in [1.165, 1.54) is 0 Å². The Morgan fingerprint density at radius 1 is 1.50 bits per heavy atom. The van der Waals surface area contributed by atoms with Crippen LogP contribution in [0, 0.1) is 5.92 Å². The summed E-state index contributed by atoms with van der Waals surface area (Å²) in [6.07, 6.45) is 3.81. The molecule has 0 aliphatic carbocycles. The molecule has 1 heterocycles. The highest BCUT2D eigenvalue weighted by molar-refractivity contribution is 4.93. The van der Waals surface area contributed by atoms with Crippen LogP contribution in [0.1, 0.15) is 45.5 Å². The molecule has 80 valence electrons. The fraction of sp³-hybridized carbons (Fsp3) is 0.800. The van der Waals surface area contributed by atoms with Crippen molar-refractivity contribution in [3.63, 3.8) is 0 Å². The van der Waals surface area contributed by atoms with E-state index in [-0.39, 0.29) is 6.04 Å². The summed E-state index contributed by atoms with van der Waals surface area (Å²) in [4.78, 5) is 0. The van der Waals surface area contributed by atoms with Gasteiger partial charge in [-0.2, -0.15) is 0 Å². The molecule has 0 aromatic carbocycles. The molecule has 0 aliphatic rings. The molecular weight excluding hydrogens is 176 g/mol. The zero-order chi connectivity index (χ0) is 10.6. The van der Waals surface area contributed by atoms with Crippen molar-refractivity contribution in [3.8, 4) is 0 Å². The van der Waals surface area contributed by atoms with Crippen molar-refractivity contribution in [1.29, 1.82) is 0 Å². The third-order valence-corrected chi connectivity index (χ3v) is 2.17. The highest BCUT2D eigenvalue weighted by atomic mass is 15.3. The zero-order valence-electron chi connectivity index (χ0n) is 9.27. The topological polar surface area (TPSA) is 56.7 Å². The Balaban J connectivity index is 2.68. The van der Waals surface area contributed by atoms with E-state index in [0.717, 1.165) is 25.2 Å². The monoisotopic (exact) mass is 196 g/mol. The lowest BCUT2D eigenvalue weighted by Crippen LogP contribution is -2.18. The van der Waals surface area contributed by atoms with Crippen LogP contribution in [0.4, 0.5) is 0 Å². The van der Waals surface area contributed by atoms with E-state index in [9.17, 15) is 0 Å². The molecule has 1 unspecified atom stereocenters. The first kappa shape index (κ1) is 11.2. The van der Waals surface area contributed by atoms with Crippen LogP contribution in [-0.2, 0) is 6.54 Å². The van der Waals surface area contributed by atoms with Gasteiger partial charge in [-0.15, -0.1) is 10.2 Å². The first-order chi connectivity index (χ1) is 6.65. The summed E-state index contributed by atoms with van der Waals surface area (Å²) in [5.41, 5.74) is 6.05. The molecule has 2 N–H and O–H groups in total. The molecule has 0 bridgehead atoms. The Morgan fingerprint density at radius 2 is 2.21 bits per heavy atom. The minimum atomic E-state index is 0.0176. The molecular formula is C10H20N4. The average molecular weight is 196 g/mol. The van der Waals surface area contributed by atoms with Crippen LogP contribution in [0.2, 0.25) is 0 Å². The summed E-state index contributed by atoms with van der Waals surface area (Å²) in [7, 11) is 0. The summed E-state index contributed by atoms with van der Waals surface area (Å²) < 4.78 is 2.05. The van der Waals surface area contributed by atoms with E-state index >= 15 is 0 Å². The van der Waals surface area contributed by atoms with Gasteiger partial charge in [0.05, 0.1) is 6.04 Å². The standard InChI is InChI=1S/C10H20N4/c1-4-5-14-7-12-13-10(14)9(11)6-8(2)3/h7-9H,4-6,11H2,1-3H3. The van der Waals surface area contributed by atoms with Crippen LogP contribution >= 0.6 is 0 Å². The van der Waals surface area contributed by atoms with E-state index < -0.39 is 0 Å². The third-order valence-electron chi connectivity index (χ3n) is 2.17. The minimum absolute atomic E-state index is 0.0176. The normalized spacial score (nSPS) is 13.5. The molecule has 0 aliphatic heterocycles. The Kier molecular flexibility index (Phi) is 4.07. The molecule has 1 aromatic heterocycles. The Labute approximate surface area is 85.5 Å². The van der Waals surface area contributed by atoms with Gasteiger partial charge >= 0.3 is 0 Å². The van der Waals surface area contributed by atoms with Crippen molar-refractivity contribution in [2.75, 3.05) is 0 Å². The van der Waals surface area contributed by atoms with Crippen LogP contribution in [0.3, 0.4) is 0 Å². The number of nitrogens with two attached hydrogens (primary N) is 1. The molecule has 0 amide bonds. The predicted molar refractivity (Wildman–Crippen MR) is 56.7 cm³/mol. The summed E-state index contributed by atoms with van der Waals surface area (Å²) in [5, 5.41) is 7.98. The lowest BCUT2D eigenvalue weighted by Gasteiger charge is -2.14. The summed E-state index contributed by atoms with van der Waals surface area (Å²) >= 11 is 0. The molecule has 0 saturated carbocycles. The zero-order valence-corrected chi connectivity index (χ0v) is 9.27. The fourth-order valence-electron chi connectivity index (χ4n) is 1.58. The van der Waals surface area contributed by atoms with E-state index in [4.69, 9.17) is 5.73 Å². The molecule has 4 nitrogen and oxygen atoms in total.